The highest BCUT2D eigenvalue weighted by Gasteiger charge is 1.99. The molecule has 0 fully saturated rings. The molecule has 72 valence electrons. The Hall–Kier alpha value is -1.31. The molecule has 0 heterocycles. The van der Waals surface area contributed by atoms with Crippen molar-refractivity contribution in [3.05, 3.63) is 35.1 Å². The van der Waals surface area contributed by atoms with Gasteiger partial charge in [0.1, 0.15) is 0 Å². The highest BCUT2D eigenvalue weighted by molar-refractivity contribution is 5.99. The van der Waals surface area contributed by atoms with E-state index in [9.17, 15) is 0 Å². The second-order valence-corrected chi connectivity index (χ2v) is 3.09. The number of rotatable bonds is 3. The smallest absolute Gasteiger partial charge is 0.0357 e. The summed E-state index contributed by atoms with van der Waals surface area (Å²) in [5, 5.41) is 7.55. The van der Waals surface area contributed by atoms with E-state index in [0.29, 0.717) is 5.71 Å². The molecule has 3 N–H and O–H groups in total. The van der Waals surface area contributed by atoms with Crippen molar-refractivity contribution in [2.24, 2.45) is 5.73 Å². The predicted molar refractivity (Wildman–Crippen MR) is 58.9 cm³/mol. The van der Waals surface area contributed by atoms with Crippen LogP contribution in [0, 0.1) is 5.41 Å². The first-order valence-corrected chi connectivity index (χ1v) is 4.32. The summed E-state index contributed by atoms with van der Waals surface area (Å²) in [4.78, 5) is 0. The van der Waals surface area contributed by atoms with Crippen molar-refractivity contribution in [2.45, 2.75) is 27.7 Å². The number of nitrogens with two attached hydrogens (primary N) is 1. The monoisotopic (exact) mass is 178 g/mol. The van der Waals surface area contributed by atoms with Gasteiger partial charge in [0.2, 0.25) is 0 Å². The van der Waals surface area contributed by atoms with Gasteiger partial charge in [-0.2, -0.15) is 0 Å². The minimum absolute atomic E-state index is 0.563. The average Bonchev–Trinajstić information content (AvgIpc) is 2.03. The third kappa shape index (κ3) is 4.31. The Morgan fingerprint density at radius 2 is 1.69 bits per heavy atom. The molecule has 0 aliphatic heterocycles. The van der Waals surface area contributed by atoms with E-state index < -0.39 is 0 Å². The maximum absolute atomic E-state index is 7.55. The summed E-state index contributed by atoms with van der Waals surface area (Å²) < 4.78 is 0. The standard InChI is InChI=1S/C11H18N2/c1-5-8(2)11(10(4)13)7-6-9(3)12/h5-7,13H,12H2,1-4H3/b8-5-,9-6-,11-7-,13-10?. The minimum Gasteiger partial charge on any atom is -0.402 e. The summed E-state index contributed by atoms with van der Waals surface area (Å²) in [6, 6.07) is 0. The fourth-order valence-electron chi connectivity index (χ4n) is 0.922. The SMILES string of the molecule is C\C=C(C)/C(=C/C=C(/C)N)C(C)=N. The maximum Gasteiger partial charge on any atom is 0.0357 e. The molecule has 0 unspecified atom stereocenters. The molecule has 13 heavy (non-hydrogen) atoms. The molecule has 0 radical (unpaired) electrons. The van der Waals surface area contributed by atoms with Crippen molar-refractivity contribution in [3.63, 3.8) is 0 Å². The molecule has 0 saturated heterocycles. The van der Waals surface area contributed by atoms with Gasteiger partial charge in [0.25, 0.3) is 0 Å². The fourth-order valence-corrected chi connectivity index (χ4v) is 0.922. The Balaban J connectivity index is 4.94. The predicted octanol–water partition coefficient (Wildman–Crippen LogP) is 2.78. The molecule has 0 aliphatic carbocycles. The largest absolute Gasteiger partial charge is 0.402 e. The Morgan fingerprint density at radius 1 is 1.15 bits per heavy atom. The van der Waals surface area contributed by atoms with Gasteiger partial charge in [-0.15, -0.1) is 0 Å². The minimum atomic E-state index is 0.563. The van der Waals surface area contributed by atoms with E-state index in [0.717, 1.165) is 16.8 Å². The molecule has 0 spiro atoms. The van der Waals surface area contributed by atoms with Crippen LogP contribution in [-0.4, -0.2) is 5.71 Å². The molecule has 0 amide bonds. The molecule has 0 aromatic heterocycles. The zero-order valence-electron chi connectivity index (χ0n) is 8.81. The third-order valence-corrected chi connectivity index (χ3v) is 1.77. The van der Waals surface area contributed by atoms with Crippen molar-refractivity contribution in [1.29, 1.82) is 5.41 Å². The highest BCUT2D eigenvalue weighted by Crippen LogP contribution is 2.10. The molecule has 0 aliphatic rings. The third-order valence-electron chi connectivity index (χ3n) is 1.77. The second-order valence-electron chi connectivity index (χ2n) is 3.09. The highest BCUT2D eigenvalue weighted by atomic mass is 14.5. The van der Waals surface area contributed by atoms with Crippen molar-refractivity contribution in [3.8, 4) is 0 Å². The molecular formula is C11H18N2. The van der Waals surface area contributed by atoms with Crippen LogP contribution in [0.1, 0.15) is 27.7 Å². The van der Waals surface area contributed by atoms with Crippen LogP contribution in [0.2, 0.25) is 0 Å². The molecule has 0 bridgehead atoms. The van der Waals surface area contributed by atoms with E-state index in [1.165, 1.54) is 0 Å². The summed E-state index contributed by atoms with van der Waals surface area (Å²) >= 11 is 0. The van der Waals surface area contributed by atoms with Gasteiger partial charge in [-0.3, -0.25) is 0 Å². The Kier molecular flexibility index (Phi) is 4.82. The van der Waals surface area contributed by atoms with Crippen molar-refractivity contribution >= 4 is 5.71 Å². The lowest BCUT2D eigenvalue weighted by atomic mass is 10.0. The zero-order chi connectivity index (χ0) is 10.4. The molecule has 2 heteroatoms. The van der Waals surface area contributed by atoms with Gasteiger partial charge in [-0.05, 0) is 44.9 Å². The van der Waals surface area contributed by atoms with E-state index in [1.54, 1.807) is 6.92 Å². The van der Waals surface area contributed by atoms with Gasteiger partial charge in [0.05, 0.1) is 0 Å². The van der Waals surface area contributed by atoms with E-state index >= 15 is 0 Å². The second kappa shape index (κ2) is 5.36. The van der Waals surface area contributed by atoms with E-state index in [2.05, 4.69) is 0 Å². The Morgan fingerprint density at radius 3 is 2.00 bits per heavy atom. The van der Waals surface area contributed by atoms with Gasteiger partial charge in [-0.25, -0.2) is 0 Å². The van der Waals surface area contributed by atoms with Crippen LogP contribution in [0.3, 0.4) is 0 Å². The Labute approximate surface area is 80.3 Å². The first-order chi connectivity index (χ1) is 5.99. The summed E-state index contributed by atoms with van der Waals surface area (Å²) in [6.45, 7) is 7.56. The van der Waals surface area contributed by atoms with Crippen LogP contribution in [-0.2, 0) is 0 Å². The van der Waals surface area contributed by atoms with Crippen molar-refractivity contribution in [1.82, 2.24) is 0 Å². The quantitative estimate of drug-likeness (QED) is 0.506. The summed E-state index contributed by atoms with van der Waals surface area (Å²) in [5.74, 6) is 0. The molecule has 0 atom stereocenters. The van der Waals surface area contributed by atoms with Gasteiger partial charge < -0.3 is 11.1 Å². The molecule has 0 rings (SSSR count). The fraction of sp³-hybridized carbons (Fsp3) is 0.364. The number of hydrogen-bond acceptors (Lipinski definition) is 2. The maximum atomic E-state index is 7.55. The topological polar surface area (TPSA) is 49.9 Å². The average molecular weight is 178 g/mol. The van der Waals surface area contributed by atoms with E-state index in [-0.39, 0.29) is 0 Å². The Bertz CT molecular complexity index is 276. The normalized spacial score (nSPS) is 14.6. The van der Waals surface area contributed by atoms with Crippen molar-refractivity contribution < 1.29 is 0 Å². The lowest BCUT2D eigenvalue weighted by Gasteiger charge is -2.04. The molecule has 2 nitrogen and oxygen atoms in total. The summed E-state index contributed by atoms with van der Waals surface area (Å²) in [6.07, 6.45) is 5.69. The molecule has 0 saturated carbocycles. The van der Waals surface area contributed by atoms with Crippen LogP contribution < -0.4 is 5.73 Å². The van der Waals surface area contributed by atoms with Crippen LogP contribution in [0.25, 0.3) is 0 Å². The lowest BCUT2D eigenvalue weighted by Crippen LogP contribution is -1.97. The molecule has 0 aromatic carbocycles. The zero-order valence-corrected chi connectivity index (χ0v) is 8.81. The first-order valence-electron chi connectivity index (χ1n) is 4.32. The van der Waals surface area contributed by atoms with Gasteiger partial charge in [0.15, 0.2) is 0 Å². The molecule has 0 aromatic rings. The van der Waals surface area contributed by atoms with E-state index in [1.807, 2.05) is 39.0 Å². The molecular weight excluding hydrogens is 160 g/mol. The van der Waals surface area contributed by atoms with Crippen LogP contribution in [0.15, 0.2) is 35.1 Å². The number of allylic oxidation sites excluding steroid dienone is 6. The number of nitrogens with one attached hydrogen (secondary N) is 1. The summed E-state index contributed by atoms with van der Waals surface area (Å²) in [5.41, 5.74) is 8.86. The summed E-state index contributed by atoms with van der Waals surface area (Å²) in [7, 11) is 0. The lowest BCUT2D eigenvalue weighted by molar-refractivity contribution is 1.31. The number of hydrogen-bond donors (Lipinski definition) is 2. The van der Waals surface area contributed by atoms with Gasteiger partial charge in [-0.1, -0.05) is 12.2 Å². The van der Waals surface area contributed by atoms with E-state index in [4.69, 9.17) is 11.1 Å². The van der Waals surface area contributed by atoms with Crippen LogP contribution in [0.5, 0.6) is 0 Å². The van der Waals surface area contributed by atoms with Gasteiger partial charge >= 0.3 is 0 Å². The van der Waals surface area contributed by atoms with Crippen LogP contribution in [0.4, 0.5) is 0 Å². The van der Waals surface area contributed by atoms with Crippen LogP contribution >= 0.6 is 0 Å². The van der Waals surface area contributed by atoms with Gasteiger partial charge in [0, 0.05) is 11.4 Å². The first kappa shape index (κ1) is 11.7. The van der Waals surface area contributed by atoms with Crippen molar-refractivity contribution in [2.75, 3.05) is 0 Å².